The van der Waals surface area contributed by atoms with Crippen LogP contribution >= 0.6 is 22.9 Å². The number of carbonyl (C=O) groups excluding carboxylic acids is 2. The van der Waals surface area contributed by atoms with Crippen molar-refractivity contribution in [3.05, 3.63) is 51.2 Å². The molecule has 0 fully saturated rings. The number of anilines is 1. The van der Waals surface area contributed by atoms with E-state index in [0.29, 0.717) is 17.8 Å². The van der Waals surface area contributed by atoms with Gasteiger partial charge in [0.1, 0.15) is 6.54 Å². The monoisotopic (exact) mass is 366 g/mol. The lowest BCUT2D eigenvalue weighted by atomic mass is 10.2. The fourth-order valence-corrected chi connectivity index (χ4v) is 3.44. The van der Waals surface area contributed by atoms with Gasteiger partial charge >= 0.3 is 0 Å². The Morgan fingerprint density at radius 2 is 1.83 bits per heavy atom. The number of carbonyl (C=O) groups is 2. The minimum Gasteiger partial charge on any atom is -0.345 e. The molecule has 5 nitrogen and oxygen atoms in total. The summed E-state index contributed by atoms with van der Waals surface area (Å²) in [5.41, 5.74) is 1.28. The average Bonchev–Trinajstić information content (AvgIpc) is 2.91. The third-order valence-electron chi connectivity index (χ3n) is 3.39. The molecule has 1 unspecified atom stereocenters. The SMILES string of the molecule is CN(C)C(=O)c1ccc(NC(=O)C[NH+](C)Cc2ccc(Cl)s2)cc1. The molecule has 1 heterocycles. The van der Waals surface area contributed by atoms with E-state index in [0.717, 1.165) is 20.7 Å². The van der Waals surface area contributed by atoms with Crippen molar-refractivity contribution in [1.29, 1.82) is 0 Å². The number of halogens is 1. The van der Waals surface area contributed by atoms with Gasteiger partial charge in [-0.25, -0.2) is 0 Å². The van der Waals surface area contributed by atoms with Gasteiger partial charge in [0.05, 0.1) is 16.3 Å². The van der Waals surface area contributed by atoms with E-state index in [2.05, 4.69) is 5.32 Å². The zero-order valence-electron chi connectivity index (χ0n) is 13.9. The molecule has 0 bridgehead atoms. The molecule has 7 heteroatoms. The normalized spacial score (nSPS) is 11.8. The van der Waals surface area contributed by atoms with Gasteiger partial charge in [0.25, 0.3) is 11.8 Å². The van der Waals surface area contributed by atoms with Crippen LogP contribution in [0.15, 0.2) is 36.4 Å². The van der Waals surface area contributed by atoms with Gasteiger partial charge < -0.3 is 15.1 Å². The Bertz CT molecular complexity index is 713. The summed E-state index contributed by atoms with van der Waals surface area (Å²) in [6.07, 6.45) is 0. The Labute approximate surface area is 150 Å². The van der Waals surface area contributed by atoms with Crippen molar-refractivity contribution in [3.8, 4) is 0 Å². The van der Waals surface area contributed by atoms with Gasteiger partial charge in [0.15, 0.2) is 6.54 Å². The molecule has 1 atom stereocenters. The molecular formula is C17H21ClN3O2S+. The van der Waals surface area contributed by atoms with Crippen molar-refractivity contribution >= 4 is 40.4 Å². The zero-order valence-corrected chi connectivity index (χ0v) is 15.5. The maximum Gasteiger partial charge on any atom is 0.279 e. The van der Waals surface area contributed by atoms with E-state index in [1.54, 1.807) is 38.4 Å². The van der Waals surface area contributed by atoms with E-state index >= 15 is 0 Å². The van der Waals surface area contributed by atoms with Crippen LogP contribution in [-0.4, -0.2) is 44.4 Å². The number of thiophene rings is 1. The van der Waals surface area contributed by atoms with Crippen molar-refractivity contribution in [1.82, 2.24) is 4.90 Å². The fourth-order valence-electron chi connectivity index (χ4n) is 2.24. The molecule has 0 aliphatic heterocycles. The third-order valence-corrected chi connectivity index (χ3v) is 4.62. The van der Waals surface area contributed by atoms with Crippen LogP contribution in [-0.2, 0) is 11.3 Å². The summed E-state index contributed by atoms with van der Waals surface area (Å²) in [6, 6.07) is 10.7. The van der Waals surface area contributed by atoms with Crippen LogP contribution in [0, 0.1) is 0 Å². The lowest BCUT2D eigenvalue weighted by Gasteiger charge is -2.13. The number of nitrogens with zero attached hydrogens (tertiary/aromatic N) is 1. The standard InChI is InChI=1S/C17H20ClN3O2S/c1-20(2)17(23)12-4-6-13(7-5-12)19-16(22)11-21(3)10-14-8-9-15(18)24-14/h4-9H,10-11H2,1-3H3,(H,19,22)/p+1. The molecule has 0 aliphatic carbocycles. The van der Waals surface area contributed by atoms with Crippen molar-refractivity contribution < 1.29 is 14.5 Å². The number of nitrogens with one attached hydrogen (secondary N) is 2. The first-order valence-corrected chi connectivity index (χ1v) is 8.71. The van der Waals surface area contributed by atoms with E-state index in [1.165, 1.54) is 16.2 Å². The van der Waals surface area contributed by atoms with E-state index in [-0.39, 0.29) is 11.8 Å². The number of hydrogen-bond acceptors (Lipinski definition) is 3. The van der Waals surface area contributed by atoms with Crippen molar-refractivity contribution in [2.75, 3.05) is 33.0 Å². The van der Waals surface area contributed by atoms with Crippen molar-refractivity contribution in [2.45, 2.75) is 6.54 Å². The number of quaternary nitrogens is 1. The summed E-state index contributed by atoms with van der Waals surface area (Å²) in [5, 5.41) is 2.85. The Morgan fingerprint density at radius 1 is 1.17 bits per heavy atom. The minimum absolute atomic E-state index is 0.0633. The average molecular weight is 367 g/mol. The topological polar surface area (TPSA) is 53.9 Å². The number of likely N-dealkylation sites (N-methyl/N-ethyl adjacent to an activating group) is 1. The second-order valence-corrected chi connectivity index (χ2v) is 7.64. The van der Waals surface area contributed by atoms with Crippen LogP contribution < -0.4 is 10.2 Å². The number of hydrogen-bond donors (Lipinski definition) is 2. The predicted octanol–water partition coefficient (Wildman–Crippen LogP) is 1.76. The van der Waals surface area contributed by atoms with Crippen LogP contribution in [0.2, 0.25) is 4.34 Å². The maximum absolute atomic E-state index is 12.1. The molecule has 0 radical (unpaired) electrons. The molecule has 0 saturated heterocycles. The largest absolute Gasteiger partial charge is 0.345 e. The molecule has 1 aromatic carbocycles. The highest BCUT2D eigenvalue weighted by Crippen LogP contribution is 2.20. The lowest BCUT2D eigenvalue weighted by molar-refractivity contribution is -0.884. The molecule has 0 saturated carbocycles. The molecule has 2 N–H and O–H groups in total. The highest BCUT2D eigenvalue weighted by atomic mass is 35.5. The summed E-state index contributed by atoms with van der Waals surface area (Å²) in [7, 11) is 5.38. The lowest BCUT2D eigenvalue weighted by Crippen LogP contribution is -3.08. The summed E-state index contributed by atoms with van der Waals surface area (Å²) >= 11 is 7.45. The van der Waals surface area contributed by atoms with Gasteiger partial charge in [-0.3, -0.25) is 9.59 Å². The fraction of sp³-hybridized carbons (Fsp3) is 0.294. The van der Waals surface area contributed by atoms with Gasteiger partial charge in [0.2, 0.25) is 0 Å². The smallest absolute Gasteiger partial charge is 0.279 e. The van der Waals surface area contributed by atoms with Gasteiger partial charge in [-0.15, -0.1) is 11.3 Å². The molecule has 128 valence electrons. The quantitative estimate of drug-likeness (QED) is 0.818. The summed E-state index contributed by atoms with van der Waals surface area (Å²) in [5.74, 6) is -0.131. The van der Waals surface area contributed by atoms with Gasteiger partial charge in [0, 0.05) is 25.3 Å². The molecule has 1 aromatic heterocycles. The van der Waals surface area contributed by atoms with E-state index in [4.69, 9.17) is 11.6 Å². The maximum atomic E-state index is 12.1. The molecule has 2 rings (SSSR count). The Kier molecular flexibility index (Phi) is 6.36. The van der Waals surface area contributed by atoms with Crippen LogP contribution in [0.4, 0.5) is 5.69 Å². The van der Waals surface area contributed by atoms with Crippen LogP contribution in [0.3, 0.4) is 0 Å². The molecule has 2 amide bonds. The summed E-state index contributed by atoms with van der Waals surface area (Å²) in [4.78, 5) is 27.7. The van der Waals surface area contributed by atoms with Crippen molar-refractivity contribution in [3.63, 3.8) is 0 Å². The minimum atomic E-state index is -0.0677. The second kappa shape index (κ2) is 8.28. The predicted molar refractivity (Wildman–Crippen MR) is 97.9 cm³/mol. The zero-order chi connectivity index (χ0) is 17.7. The van der Waals surface area contributed by atoms with Gasteiger partial charge in [-0.2, -0.15) is 0 Å². The van der Waals surface area contributed by atoms with Crippen LogP contribution in [0.5, 0.6) is 0 Å². The number of benzene rings is 1. The van der Waals surface area contributed by atoms with Crippen LogP contribution in [0.1, 0.15) is 15.2 Å². The van der Waals surface area contributed by atoms with E-state index in [1.807, 2.05) is 19.2 Å². The molecule has 0 spiro atoms. The molecular weight excluding hydrogens is 346 g/mol. The highest BCUT2D eigenvalue weighted by Gasteiger charge is 2.13. The molecule has 24 heavy (non-hydrogen) atoms. The Morgan fingerprint density at radius 3 is 2.38 bits per heavy atom. The first-order chi connectivity index (χ1) is 11.3. The first kappa shape index (κ1) is 18.4. The van der Waals surface area contributed by atoms with Gasteiger partial charge in [-0.1, -0.05) is 11.6 Å². The molecule has 2 aromatic rings. The Balaban J connectivity index is 1.86. The number of amides is 2. The van der Waals surface area contributed by atoms with Crippen molar-refractivity contribution in [2.24, 2.45) is 0 Å². The Hall–Kier alpha value is -1.89. The van der Waals surface area contributed by atoms with E-state index in [9.17, 15) is 9.59 Å². The number of rotatable bonds is 6. The molecule has 0 aliphatic rings. The third kappa shape index (κ3) is 5.33. The summed E-state index contributed by atoms with van der Waals surface area (Å²) in [6.45, 7) is 1.11. The summed E-state index contributed by atoms with van der Waals surface area (Å²) < 4.78 is 0.759. The highest BCUT2D eigenvalue weighted by molar-refractivity contribution is 7.16. The van der Waals surface area contributed by atoms with Gasteiger partial charge in [-0.05, 0) is 36.4 Å². The van der Waals surface area contributed by atoms with Crippen LogP contribution in [0.25, 0.3) is 0 Å². The van der Waals surface area contributed by atoms with E-state index < -0.39 is 0 Å². The first-order valence-electron chi connectivity index (χ1n) is 7.52. The second-order valence-electron chi connectivity index (χ2n) is 5.84.